The van der Waals surface area contributed by atoms with Gasteiger partial charge in [-0.3, -0.25) is 0 Å². The van der Waals surface area contributed by atoms with Crippen molar-refractivity contribution in [3.8, 4) is 5.75 Å². The monoisotopic (exact) mass is 458 g/mol. The van der Waals surface area contributed by atoms with E-state index < -0.39 is 5.97 Å². The molecule has 4 rings (SSSR count). The summed E-state index contributed by atoms with van der Waals surface area (Å²) in [7, 11) is 1.58. The van der Waals surface area contributed by atoms with Crippen molar-refractivity contribution in [2.45, 2.75) is 20.1 Å². The molecule has 0 atom stereocenters. The van der Waals surface area contributed by atoms with Crippen LogP contribution in [0.1, 0.15) is 28.5 Å². The Morgan fingerprint density at radius 2 is 1.90 bits per heavy atom. The van der Waals surface area contributed by atoms with Gasteiger partial charge in [-0.05, 0) is 42.8 Å². The summed E-state index contributed by atoms with van der Waals surface area (Å²) >= 11 is 12.1. The minimum Gasteiger partial charge on any atom is -0.489 e. The predicted octanol–water partition coefficient (Wildman–Crippen LogP) is 5.93. The number of fused-ring (bicyclic) bond motifs is 3. The Bertz CT molecular complexity index is 1270. The molecule has 2 aromatic heterocycles. The van der Waals surface area contributed by atoms with Gasteiger partial charge >= 0.3 is 5.97 Å². The molecular weight excluding hydrogens is 439 g/mol. The summed E-state index contributed by atoms with van der Waals surface area (Å²) in [4.78, 5) is 20.1. The molecule has 1 N–H and O–H groups in total. The number of carbonyl (C=O) groups is 1. The molecule has 0 amide bonds. The highest BCUT2D eigenvalue weighted by atomic mass is 35.5. The lowest BCUT2D eigenvalue weighted by atomic mass is 10.1. The van der Waals surface area contributed by atoms with Crippen LogP contribution in [0.25, 0.3) is 21.8 Å². The number of rotatable bonds is 7. The van der Waals surface area contributed by atoms with Gasteiger partial charge in [-0.15, -0.1) is 0 Å². The standard InChI is InChI=1S/C23H20Cl2N2O4/c1-3-30-23(28)22-16(12-29-2)21-15-9-14(5-7-19(15)27-20(21)10-26-22)31-11-13-4-6-17(24)18(25)8-13/h4-10,27H,3,11-12H2,1-2H3. The zero-order chi connectivity index (χ0) is 22.0. The number of ether oxygens (including phenoxy) is 3. The van der Waals surface area contributed by atoms with Gasteiger partial charge in [0, 0.05) is 29.0 Å². The molecule has 0 spiro atoms. The smallest absolute Gasteiger partial charge is 0.357 e. The second-order valence-electron chi connectivity index (χ2n) is 6.90. The zero-order valence-corrected chi connectivity index (χ0v) is 18.5. The topological polar surface area (TPSA) is 73.4 Å². The van der Waals surface area contributed by atoms with E-state index in [0.29, 0.717) is 28.0 Å². The van der Waals surface area contributed by atoms with E-state index in [4.69, 9.17) is 37.4 Å². The summed E-state index contributed by atoms with van der Waals surface area (Å²) < 4.78 is 16.5. The number of nitrogens with zero attached hydrogens (tertiary/aromatic N) is 1. The highest BCUT2D eigenvalue weighted by Crippen LogP contribution is 2.33. The zero-order valence-electron chi connectivity index (χ0n) is 17.0. The number of methoxy groups -OCH3 is 1. The maximum atomic E-state index is 12.4. The van der Waals surface area contributed by atoms with Crippen LogP contribution in [0.2, 0.25) is 10.0 Å². The van der Waals surface area contributed by atoms with Crippen molar-refractivity contribution in [2.75, 3.05) is 13.7 Å². The van der Waals surface area contributed by atoms with Gasteiger partial charge in [-0.25, -0.2) is 9.78 Å². The van der Waals surface area contributed by atoms with Crippen molar-refractivity contribution >= 4 is 51.0 Å². The fourth-order valence-corrected chi connectivity index (χ4v) is 3.81. The van der Waals surface area contributed by atoms with Crippen molar-refractivity contribution in [1.82, 2.24) is 9.97 Å². The van der Waals surface area contributed by atoms with Crippen LogP contribution < -0.4 is 4.74 Å². The van der Waals surface area contributed by atoms with E-state index in [1.54, 1.807) is 32.4 Å². The lowest BCUT2D eigenvalue weighted by Crippen LogP contribution is -2.11. The average molecular weight is 459 g/mol. The number of hydrogen-bond acceptors (Lipinski definition) is 5. The van der Waals surface area contributed by atoms with Gasteiger partial charge < -0.3 is 19.2 Å². The first-order valence-corrected chi connectivity index (χ1v) is 10.4. The van der Waals surface area contributed by atoms with E-state index in [-0.39, 0.29) is 18.9 Å². The molecule has 0 aliphatic heterocycles. The summed E-state index contributed by atoms with van der Waals surface area (Å²) in [5, 5.41) is 2.75. The molecule has 0 fully saturated rings. The van der Waals surface area contributed by atoms with Gasteiger partial charge in [-0.2, -0.15) is 0 Å². The third kappa shape index (κ3) is 4.32. The van der Waals surface area contributed by atoms with Crippen LogP contribution in [0.3, 0.4) is 0 Å². The van der Waals surface area contributed by atoms with Gasteiger partial charge in [0.25, 0.3) is 0 Å². The fourth-order valence-electron chi connectivity index (χ4n) is 3.49. The van der Waals surface area contributed by atoms with Gasteiger partial charge in [0.15, 0.2) is 5.69 Å². The molecule has 0 aliphatic carbocycles. The van der Waals surface area contributed by atoms with Crippen molar-refractivity contribution in [3.05, 3.63) is 69.5 Å². The van der Waals surface area contributed by atoms with Crippen molar-refractivity contribution in [1.29, 1.82) is 0 Å². The molecule has 2 heterocycles. The number of pyridine rings is 1. The second-order valence-corrected chi connectivity index (χ2v) is 7.71. The average Bonchev–Trinajstić information content (AvgIpc) is 3.13. The van der Waals surface area contributed by atoms with Crippen molar-refractivity contribution in [3.63, 3.8) is 0 Å². The highest BCUT2D eigenvalue weighted by molar-refractivity contribution is 6.42. The number of benzene rings is 2. The Kier molecular flexibility index (Phi) is 6.32. The van der Waals surface area contributed by atoms with Crippen LogP contribution in [0.4, 0.5) is 0 Å². The normalized spacial score (nSPS) is 11.2. The summed E-state index contributed by atoms with van der Waals surface area (Å²) in [6, 6.07) is 11.1. The molecule has 0 bridgehead atoms. The third-order valence-electron chi connectivity index (χ3n) is 4.86. The number of H-pyrrole nitrogens is 1. The Hall–Kier alpha value is -2.80. The van der Waals surface area contributed by atoms with E-state index in [9.17, 15) is 4.79 Å². The third-order valence-corrected chi connectivity index (χ3v) is 5.60. The summed E-state index contributed by atoms with van der Waals surface area (Å²) in [6.45, 7) is 2.59. The van der Waals surface area contributed by atoms with Crippen LogP contribution in [0, 0.1) is 0 Å². The number of esters is 1. The fraction of sp³-hybridized carbons (Fsp3) is 0.217. The molecular formula is C23H20Cl2N2O4. The largest absolute Gasteiger partial charge is 0.489 e. The first-order valence-electron chi connectivity index (χ1n) is 9.68. The van der Waals surface area contributed by atoms with Gasteiger partial charge in [0.2, 0.25) is 0 Å². The number of hydrogen-bond donors (Lipinski definition) is 1. The summed E-state index contributed by atoms with van der Waals surface area (Å²) in [5.74, 6) is 0.204. The van der Waals surface area contributed by atoms with Crippen molar-refractivity contribution < 1.29 is 19.0 Å². The summed E-state index contributed by atoms with van der Waals surface area (Å²) in [5.41, 5.74) is 3.53. The quantitative estimate of drug-likeness (QED) is 0.347. The number of halogens is 2. The molecule has 0 saturated carbocycles. The molecule has 0 radical (unpaired) electrons. The minimum absolute atomic E-state index is 0.222. The van der Waals surface area contributed by atoms with Gasteiger partial charge in [0.1, 0.15) is 12.4 Å². The van der Waals surface area contributed by atoms with Crippen molar-refractivity contribution in [2.24, 2.45) is 0 Å². The lowest BCUT2D eigenvalue weighted by Gasteiger charge is -2.10. The Labute approximate surface area is 189 Å². The SMILES string of the molecule is CCOC(=O)c1ncc2[nH]c3ccc(OCc4ccc(Cl)c(Cl)c4)cc3c2c1COC. The van der Waals surface area contributed by atoms with Crippen LogP contribution in [-0.4, -0.2) is 29.7 Å². The number of carbonyl (C=O) groups excluding carboxylic acids is 1. The minimum atomic E-state index is -0.474. The Morgan fingerprint density at radius 3 is 2.65 bits per heavy atom. The van der Waals surface area contributed by atoms with Crippen LogP contribution in [0.15, 0.2) is 42.6 Å². The molecule has 31 heavy (non-hydrogen) atoms. The molecule has 8 heteroatoms. The molecule has 160 valence electrons. The van der Waals surface area contributed by atoms with E-state index in [2.05, 4.69) is 9.97 Å². The van der Waals surface area contributed by atoms with E-state index in [0.717, 1.165) is 27.4 Å². The van der Waals surface area contributed by atoms with E-state index in [1.807, 2.05) is 24.3 Å². The first kappa shape index (κ1) is 21.4. The van der Waals surface area contributed by atoms with Gasteiger partial charge in [0.05, 0.1) is 35.0 Å². The molecule has 0 saturated heterocycles. The Morgan fingerprint density at radius 1 is 1.06 bits per heavy atom. The predicted molar refractivity (Wildman–Crippen MR) is 121 cm³/mol. The van der Waals surface area contributed by atoms with Gasteiger partial charge in [-0.1, -0.05) is 29.3 Å². The maximum Gasteiger partial charge on any atom is 0.357 e. The van der Waals surface area contributed by atoms with Crippen LogP contribution in [-0.2, 0) is 22.7 Å². The molecule has 4 aromatic rings. The van der Waals surface area contributed by atoms with Crippen LogP contribution in [0.5, 0.6) is 5.75 Å². The van der Waals surface area contributed by atoms with E-state index in [1.165, 1.54) is 0 Å². The summed E-state index contributed by atoms with van der Waals surface area (Å²) in [6.07, 6.45) is 1.64. The number of aromatic nitrogens is 2. The lowest BCUT2D eigenvalue weighted by molar-refractivity contribution is 0.0514. The Balaban J connectivity index is 1.74. The number of nitrogens with one attached hydrogen (secondary N) is 1. The molecule has 0 aliphatic rings. The van der Waals surface area contributed by atoms with Crippen LogP contribution >= 0.6 is 23.2 Å². The second kappa shape index (κ2) is 9.14. The molecule has 2 aromatic carbocycles. The van der Waals surface area contributed by atoms with E-state index >= 15 is 0 Å². The first-order chi connectivity index (χ1) is 15.0. The maximum absolute atomic E-state index is 12.4. The molecule has 0 unspecified atom stereocenters. The highest BCUT2D eigenvalue weighted by Gasteiger charge is 2.20. The number of aromatic amines is 1. The molecule has 6 nitrogen and oxygen atoms in total.